The zero-order valence-electron chi connectivity index (χ0n) is 9.29. The SMILES string of the molecule is O=S(=O)(O)O.O=S(=O)(O)O.O=S(=O)(O)O.O=S(=O)(O)O.[Cr].[Cr]. The molecule has 0 atom stereocenters. The number of hydrogen-bond acceptors (Lipinski definition) is 8. The molecular weight excluding hydrogens is 488 g/mol. The summed E-state index contributed by atoms with van der Waals surface area (Å²) in [6, 6.07) is 0. The molecule has 0 aliphatic heterocycles. The minimum absolute atomic E-state index is 0. The van der Waals surface area contributed by atoms with Gasteiger partial charge in [-0.1, -0.05) is 0 Å². The van der Waals surface area contributed by atoms with Crippen LogP contribution in [-0.4, -0.2) is 70.1 Å². The first-order valence-corrected chi connectivity index (χ1v) is 8.38. The van der Waals surface area contributed by atoms with Crippen molar-refractivity contribution in [3.8, 4) is 0 Å². The first-order valence-electron chi connectivity index (χ1n) is 2.79. The molecule has 0 spiro atoms. The molecule has 22 heteroatoms. The molecule has 0 saturated carbocycles. The molecule has 0 heterocycles. The maximum atomic E-state index is 8.74. The van der Waals surface area contributed by atoms with E-state index in [0.717, 1.165) is 0 Å². The summed E-state index contributed by atoms with van der Waals surface area (Å²) in [6.07, 6.45) is 0. The number of hydrogen-bond donors (Lipinski definition) is 8. The van der Waals surface area contributed by atoms with E-state index in [1.165, 1.54) is 0 Å². The van der Waals surface area contributed by atoms with Gasteiger partial charge in [0, 0.05) is 34.7 Å². The third-order valence-corrected chi connectivity index (χ3v) is 0. The Morgan fingerprint density at radius 2 is 0.318 bits per heavy atom. The van der Waals surface area contributed by atoms with Crippen LogP contribution in [0.5, 0.6) is 0 Å². The van der Waals surface area contributed by atoms with E-state index in [2.05, 4.69) is 0 Å². The zero-order valence-corrected chi connectivity index (χ0v) is 15.1. The Morgan fingerprint density at radius 3 is 0.318 bits per heavy atom. The van der Waals surface area contributed by atoms with Gasteiger partial charge in [-0.25, -0.2) is 0 Å². The second kappa shape index (κ2) is 15.1. The molecule has 0 unspecified atom stereocenters. The summed E-state index contributed by atoms with van der Waals surface area (Å²) in [7, 11) is -18.7. The van der Waals surface area contributed by atoms with Crippen LogP contribution in [0, 0.1) is 0 Å². The summed E-state index contributed by atoms with van der Waals surface area (Å²) in [5.41, 5.74) is 0. The van der Waals surface area contributed by atoms with Crippen molar-refractivity contribution in [3.05, 3.63) is 0 Å². The molecule has 0 aromatic carbocycles. The van der Waals surface area contributed by atoms with Crippen molar-refractivity contribution in [2.45, 2.75) is 0 Å². The molecule has 140 valence electrons. The molecule has 0 aliphatic carbocycles. The summed E-state index contributed by atoms with van der Waals surface area (Å²) < 4.78 is 126. The Hall–Kier alpha value is 0.545. The average molecular weight is 496 g/mol. The first-order chi connectivity index (χ1) is 8.00. The van der Waals surface area contributed by atoms with Crippen LogP contribution < -0.4 is 0 Å². The van der Waals surface area contributed by atoms with Gasteiger partial charge in [-0.15, -0.1) is 0 Å². The van der Waals surface area contributed by atoms with E-state index >= 15 is 0 Å². The fourth-order valence-electron chi connectivity index (χ4n) is 0. The average Bonchev–Trinajstić information content (AvgIpc) is 1.62. The molecular formula is H8Cr2O16S4. The summed E-state index contributed by atoms with van der Waals surface area (Å²) >= 11 is 0. The number of rotatable bonds is 0. The van der Waals surface area contributed by atoms with Crippen molar-refractivity contribution in [1.29, 1.82) is 0 Å². The predicted molar refractivity (Wildman–Crippen MR) is 56.7 cm³/mol. The van der Waals surface area contributed by atoms with Crippen LogP contribution in [0.3, 0.4) is 0 Å². The molecule has 0 aromatic heterocycles. The molecule has 0 saturated heterocycles. The zero-order chi connectivity index (χ0) is 18.0. The van der Waals surface area contributed by atoms with Crippen LogP contribution in [-0.2, 0) is 76.3 Å². The van der Waals surface area contributed by atoms with E-state index in [4.69, 9.17) is 70.1 Å². The fourth-order valence-corrected chi connectivity index (χ4v) is 0. The fraction of sp³-hybridized carbons (Fsp3) is 0. The molecule has 22 heavy (non-hydrogen) atoms. The summed E-state index contributed by atoms with van der Waals surface area (Å²) in [5, 5.41) is 0. The van der Waals surface area contributed by atoms with Crippen LogP contribution in [0.1, 0.15) is 0 Å². The van der Waals surface area contributed by atoms with Crippen LogP contribution in [0.15, 0.2) is 0 Å². The Balaban J connectivity index is -0.0000000376. The van der Waals surface area contributed by atoms with Crippen LogP contribution in [0.2, 0.25) is 0 Å². The van der Waals surface area contributed by atoms with Gasteiger partial charge in [0.1, 0.15) is 0 Å². The minimum Gasteiger partial charge on any atom is -0.264 e. The van der Waals surface area contributed by atoms with Crippen molar-refractivity contribution in [1.82, 2.24) is 0 Å². The van der Waals surface area contributed by atoms with Crippen molar-refractivity contribution in [3.63, 3.8) is 0 Å². The third kappa shape index (κ3) is 26400. The minimum atomic E-state index is -4.67. The van der Waals surface area contributed by atoms with E-state index in [0.29, 0.717) is 0 Å². The van der Waals surface area contributed by atoms with Gasteiger partial charge in [0.15, 0.2) is 0 Å². The Morgan fingerprint density at radius 1 is 0.318 bits per heavy atom. The van der Waals surface area contributed by atoms with Gasteiger partial charge in [-0.05, 0) is 0 Å². The monoisotopic (exact) mass is 496 g/mol. The smallest absolute Gasteiger partial charge is 0.264 e. The Kier molecular flexibility index (Phi) is 26.2. The van der Waals surface area contributed by atoms with Crippen molar-refractivity contribution < 1.29 is 105 Å². The van der Waals surface area contributed by atoms with Gasteiger partial charge in [0.05, 0.1) is 0 Å². The maximum absolute atomic E-state index is 8.74. The largest absolute Gasteiger partial charge is 0.394 e. The van der Waals surface area contributed by atoms with Crippen molar-refractivity contribution in [2.75, 3.05) is 0 Å². The summed E-state index contributed by atoms with van der Waals surface area (Å²) in [6.45, 7) is 0. The molecule has 0 aliphatic rings. The molecule has 0 radical (unpaired) electrons. The van der Waals surface area contributed by atoms with Crippen LogP contribution >= 0.6 is 0 Å². The van der Waals surface area contributed by atoms with Crippen molar-refractivity contribution in [2.24, 2.45) is 0 Å². The molecule has 8 N–H and O–H groups in total. The maximum Gasteiger partial charge on any atom is 0.394 e. The topological polar surface area (TPSA) is 298 Å². The van der Waals surface area contributed by atoms with E-state index in [-0.39, 0.29) is 34.7 Å². The van der Waals surface area contributed by atoms with E-state index in [9.17, 15) is 0 Å². The molecule has 16 nitrogen and oxygen atoms in total. The van der Waals surface area contributed by atoms with Gasteiger partial charge in [-0.3, -0.25) is 36.4 Å². The van der Waals surface area contributed by atoms with Gasteiger partial charge >= 0.3 is 41.6 Å². The molecule has 0 amide bonds. The van der Waals surface area contributed by atoms with Crippen LogP contribution in [0.25, 0.3) is 0 Å². The summed E-state index contributed by atoms with van der Waals surface area (Å²) in [4.78, 5) is 0. The van der Waals surface area contributed by atoms with Gasteiger partial charge in [0.25, 0.3) is 0 Å². The normalized spacial score (nSPS) is 10.5. The van der Waals surface area contributed by atoms with Gasteiger partial charge < -0.3 is 0 Å². The summed E-state index contributed by atoms with van der Waals surface area (Å²) in [5.74, 6) is 0. The third-order valence-electron chi connectivity index (χ3n) is 0. The quantitative estimate of drug-likeness (QED) is 0.159. The Bertz CT molecular complexity index is 477. The standard InChI is InChI=1S/2Cr.4H2O4S/c;;4*1-5(2,3)4/h;;4*(H2,1,2,3,4). The Labute approximate surface area is 146 Å². The van der Waals surface area contributed by atoms with Gasteiger partial charge in [0.2, 0.25) is 0 Å². The van der Waals surface area contributed by atoms with Crippen molar-refractivity contribution >= 4 is 41.6 Å². The second-order valence-electron chi connectivity index (χ2n) is 1.79. The first kappa shape index (κ1) is 38.2. The van der Waals surface area contributed by atoms with E-state index in [1.807, 2.05) is 0 Å². The van der Waals surface area contributed by atoms with E-state index < -0.39 is 41.6 Å². The van der Waals surface area contributed by atoms with Crippen LogP contribution in [0.4, 0.5) is 0 Å². The molecule has 0 fully saturated rings. The second-order valence-corrected chi connectivity index (χ2v) is 5.37. The van der Waals surface area contributed by atoms with E-state index in [1.54, 1.807) is 0 Å². The molecule has 0 aromatic rings. The van der Waals surface area contributed by atoms with Gasteiger partial charge in [-0.2, -0.15) is 33.7 Å². The predicted octanol–water partition coefficient (Wildman–Crippen LogP) is -2.62. The molecule has 0 bridgehead atoms. The molecule has 0 rings (SSSR count).